The number of ketones is 1. The smallest absolute Gasteiger partial charge is 0.141 e. The normalized spacial score (nSPS) is 10.6. The molecule has 4 heteroatoms. The quantitative estimate of drug-likeness (QED) is 0.832. The average molecular weight is 278 g/mol. The minimum absolute atomic E-state index is 0.0434. The highest BCUT2D eigenvalue weighted by Crippen LogP contribution is 2.14. The van der Waals surface area contributed by atoms with E-state index in [1.165, 1.54) is 12.1 Å². The fraction of sp³-hybridized carbons (Fsp3) is 0.188. The highest BCUT2D eigenvalue weighted by atomic mass is 19.1. The number of benzene rings is 2. The monoisotopic (exact) mass is 278 g/mol. The van der Waals surface area contributed by atoms with Crippen LogP contribution in [-0.2, 0) is 17.6 Å². The van der Waals surface area contributed by atoms with Crippen molar-refractivity contribution in [1.82, 2.24) is 0 Å². The largest absolute Gasteiger partial charge is 0.299 e. The molecule has 0 saturated heterocycles. The number of aryl methyl sites for hydroxylation is 1. The summed E-state index contributed by atoms with van der Waals surface area (Å²) in [6.07, 6.45) is -0.0354. The molecule has 0 N–H and O–H groups in total. The lowest BCUT2D eigenvalue weighted by molar-refractivity contribution is -0.117. The fourth-order valence-corrected chi connectivity index (χ4v) is 2.05. The molecule has 0 saturated carbocycles. The van der Waals surface area contributed by atoms with E-state index in [4.69, 9.17) is 0 Å². The molecule has 0 spiro atoms. The Labute approximate surface area is 115 Å². The van der Waals surface area contributed by atoms with Gasteiger partial charge in [0.1, 0.15) is 23.2 Å². The Hall–Kier alpha value is -2.10. The maximum Gasteiger partial charge on any atom is 0.141 e. The van der Waals surface area contributed by atoms with E-state index in [2.05, 4.69) is 0 Å². The van der Waals surface area contributed by atoms with Gasteiger partial charge in [-0.1, -0.05) is 6.07 Å². The van der Waals surface area contributed by atoms with Crippen LogP contribution in [0.2, 0.25) is 0 Å². The molecule has 104 valence electrons. The first kappa shape index (κ1) is 14.3. The molecule has 0 heterocycles. The SMILES string of the molecule is Cc1ccc(F)cc1CC(=O)Cc1cc(F)cc(F)c1. The number of hydrogen-bond acceptors (Lipinski definition) is 1. The van der Waals surface area contributed by atoms with Crippen molar-refractivity contribution in [3.05, 3.63) is 70.5 Å². The highest BCUT2D eigenvalue weighted by Gasteiger charge is 2.10. The standard InChI is InChI=1S/C16H13F3O/c1-10-2-3-13(17)7-12(10)8-16(20)6-11-4-14(18)9-15(19)5-11/h2-5,7,9H,6,8H2,1H3. The summed E-state index contributed by atoms with van der Waals surface area (Å²) in [7, 11) is 0. The molecule has 0 fully saturated rings. The minimum atomic E-state index is -0.713. The molecule has 0 amide bonds. The van der Waals surface area contributed by atoms with E-state index in [9.17, 15) is 18.0 Å². The molecule has 2 aromatic rings. The van der Waals surface area contributed by atoms with Crippen LogP contribution >= 0.6 is 0 Å². The Morgan fingerprint density at radius 2 is 1.55 bits per heavy atom. The van der Waals surface area contributed by atoms with E-state index in [1.807, 2.05) is 0 Å². The molecule has 2 rings (SSSR count). The van der Waals surface area contributed by atoms with Gasteiger partial charge in [0.25, 0.3) is 0 Å². The summed E-state index contributed by atoms with van der Waals surface area (Å²) in [5.41, 5.74) is 1.68. The van der Waals surface area contributed by atoms with Crippen molar-refractivity contribution >= 4 is 5.78 Å². The van der Waals surface area contributed by atoms with Crippen LogP contribution in [0.3, 0.4) is 0 Å². The third-order valence-electron chi connectivity index (χ3n) is 3.02. The van der Waals surface area contributed by atoms with Gasteiger partial charge in [-0.3, -0.25) is 4.79 Å². The van der Waals surface area contributed by atoms with Crippen LogP contribution < -0.4 is 0 Å². The number of Topliss-reactive ketones (excluding diaryl/α,β-unsaturated/α-hetero) is 1. The number of carbonyl (C=O) groups excluding carboxylic acids is 1. The van der Waals surface area contributed by atoms with Gasteiger partial charge >= 0.3 is 0 Å². The molecule has 1 nitrogen and oxygen atoms in total. The first-order valence-corrected chi connectivity index (χ1v) is 6.16. The number of rotatable bonds is 4. The Morgan fingerprint density at radius 3 is 2.20 bits per heavy atom. The summed E-state index contributed by atoms with van der Waals surface area (Å²) in [4.78, 5) is 11.9. The zero-order chi connectivity index (χ0) is 14.7. The van der Waals surface area contributed by atoms with Gasteiger partial charge < -0.3 is 0 Å². The van der Waals surface area contributed by atoms with Crippen molar-refractivity contribution in [3.63, 3.8) is 0 Å². The lowest BCUT2D eigenvalue weighted by atomic mass is 9.99. The van der Waals surface area contributed by atoms with Gasteiger partial charge in [0, 0.05) is 18.9 Å². The van der Waals surface area contributed by atoms with Crippen LogP contribution in [0.4, 0.5) is 13.2 Å². The maximum atomic E-state index is 13.1. The van der Waals surface area contributed by atoms with E-state index in [-0.39, 0.29) is 24.2 Å². The van der Waals surface area contributed by atoms with Crippen LogP contribution in [-0.4, -0.2) is 5.78 Å². The maximum absolute atomic E-state index is 13.1. The summed E-state index contributed by atoms with van der Waals surface area (Å²) < 4.78 is 39.2. The lowest BCUT2D eigenvalue weighted by Gasteiger charge is -2.06. The van der Waals surface area contributed by atoms with Gasteiger partial charge in [-0.05, 0) is 47.9 Å². The molecule has 0 aliphatic carbocycles. The lowest BCUT2D eigenvalue weighted by Crippen LogP contribution is -2.08. The number of hydrogen-bond donors (Lipinski definition) is 0. The minimum Gasteiger partial charge on any atom is -0.299 e. The molecular weight excluding hydrogens is 265 g/mol. The first-order chi connectivity index (χ1) is 9.44. The molecule has 0 radical (unpaired) electrons. The van der Waals surface area contributed by atoms with Crippen molar-refractivity contribution in [1.29, 1.82) is 0 Å². The van der Waals surface area contributed by atoms with Crippen molar-refractivity contribution in [2.45, 2.75) is 19.8 Å². The Balaban J connectivity index is 2.11. The predicted octanol–water partition coefficient (Wildman–Crippen LogP) is 3.77. The molecule has 2 aromatic carbocycles. The Bertz CT molecular complexity index is 630. The Kier molecular flexibility index (Phi) is 4.23. The zero-order valence-corrected chi connectivity index (χ0v) is 10.9. The molecule has 0 aliphatic rings. The molecular formula is C16H13F3O. The second-order valence-electron chi connectivity index (χ2n) is 4.74. The molecule has 0 aliphatic heterocycles. The summed E-state index contributed by atoms with van der Waals surface area (Å²) in [5, 5.41) is 0. The second kappa shape index (κ2) is 5.90. The van der Waals surface area contributed by atoms with Crippen LogP contribution in [0.1, 0.15) is 16.7 Å². The first-order valence-electron chi connectivity index (χ1n) is 6.16. The van der Waals surface area contributed by atoms with Crippen molar-refractivity contribution < 1.29 is 18.0 Å². The summed E-state index contributed by atoms with van der Waals surface area (Å²) in [5.74, 6) is -2.05. The van der Waals surface area contributed by atoms with E-state index in [0.717, 1.165) is 23.8 Å². The van der Waals surface area contributed by atoms with Gasteiger partial charge in [0.2, 0.25) is 0 Å². The molecule has 0 aromatic heterocycles. The van der Waals surface area contributed by atoms with Crippen LogP contribution in [0.25, 0.3) is 0 Å². The third kappa shape index (κ3) is 3.70. The van der Waals surface area contributed by atoms with Crippen LogP contribution in [0, 0.1) is 24.4 Å². The summed E-state index contributed by atoms with van der Waals surface area (Å²) >= 11 is 0. The summed E-state index contributed by atoms with van der Waals surface area (Å²) in [6.45, 7) is 1.78. The fourth-order valence-electron chi connectivity index (χ4n) is 2.05. The van der Waals surface area contributed by atoms with Crippen molar-refractivity contribution in [2.24, 2.45) is 0 Å². The Morgan fingerprint density at radius 1 is 0.900 bits per heavy atom. The predicted molar refractivity (Wildman–Crippen MR) is 69.9 cm³/mol. The van der Waals surface area contributed by atoms with Gasteiger partial charge in [-0.2, -0.15) is 0 Å². The second-order valence-corrected chi connectivity index (χ2v) is 4.74. The van der Waals surface area contributed by atoms with Gasteiger partial charge in [0.15, 0.2) is 0 Å². The molecule has 20 heavy (non-hydrogen) atoms. The van der Waals surface area contributed by atoms with Crippen molar-refractivity contribution in [3.8, 4) is 0 Å². The van der Waals surface area contributed by atoms with Gasteiger partial charge in [-0.25, -0.2) is 13.2 Å². The third-order valence-corrected chi connectivity index (χ3v) is 3.02. The van der Waals surface area contributed by atoms with E-state index >= 15 is 0 Å². The zero-order valence-electron chi connectivity index (χ0n) is 10.9. The van der Waals surface area contributed by atoms with Gasteiger partial charge in [-0.15, -0.1) is 0 Å². The molecule has 0 bridgehead atoms. The number of halogens is 3. The van der Waals surface area contributed by atoms with E-state index in [0.29, 0.717) is 5.56 Å². The highest BCUT2D eigenvalue weighted by molar-refractivity contribution is 5.83. The van der Waals surface area contributed by atoms with Crippen LogP contribution in [0.15, 0.2) is 36.4 Å². The summed E-state index contributed by atoms with van der Waals surface area (Å²) in [6, 6.07) is 7.23. The van der Waals surface area contributed by atoms with E-state index < -0.39 is 17.5 Å². The number of carbonyl (C=O) groups is 1. The van der Waals surface area contributed by atoms with Crippen molar-refractivity contribution in [2.75, 3.05) is 0 Å². The molecule has 0 unspecified atom stereocenters. The molecule has 0 atom stereocenters. The van der Waals surface area contributed by atoms with Crippen LogP contribution in [0.5, 0.6) is 0 Å². The average Bonchev–Trinajstić information content (AvgIpc) is 2.32. The van der Waals surface area contributed by atoms with E-state index in [1.54, 1.807) is 13.0 Å². The topological polar surface area (TPSA) is 17.1 Å². The van der Waals surface area contributed by atoms with Gasteiger partial charge in [0.05, 0.1) is 0 Å².